The summed E-state index contributed by atoms with van der Waals surface area (Å²) in [5.41, 5.74) is 2.81. The van der Waals surface area contributed by atoms with Gasteiger partial charge >= 0.3 is 0 Å². The minimum Gasteiger partial charge on any atom is -0.309 e. The van der Waals surface area contributed by atoms with Gasteiger partial charge in [-0.3, -0.25) is 9.78 Å². The van der Waals surface area contributed by atoms with Crippen molar-refractivity contribution in [3.05, 3.63) is 72.2 Å². The summed E-state index contributed by atoms with van der Waals surface area (Å²) in [6.07, 6.45) is 3.88. The lowest BCUT2D eigenvalue weighted by molar-refractivity contribution is -0.115. The average Bonchev–Trinajstić information content (AvgIpc) is 2.96. The number of pyridine rings is 1. The van der Waals surface area contributed by atoms with Gasteiger partial charge in [-0.1, -0.05) is 30.3 Å². The molecule has 0 spiro atoms. The van der Waals surface area contributed by atoms with Gasteiger partial charge in [0.2, 0.25) is 5.91 Å². The van der Waals surface area contributed by atoms with E-state index in [-0.39, 0.29) is 5.91 Å². The summed E-state index contributed by atoms with van der Waals surface area (Å²) < 4.78 is 1.72. The van der Waals surface area contributed by atoms with Gasteiger partial charge in [-0.15, -0.1) is 0 Å². The van der Waals surface area contributed by atoms with Crippen LogP contribution < -0.4 is 5.32 Å². The Balaban J connectivity index is 1.68. The molecule has 0 saturated carbocycles. The van der Waals surface area contributed by atoms with Gasteiger partial charge in [0, 0.05) is 24.2 Å². The minimum absolute atomic E-state index is 0.0811. The Kier molecular flexibility index (Phi) is 3.96. The van der Waals surface area contributed by atoms with Crippen LogP contribution in [0.25, 0.3) is 5.69 Å². The van der Waals surface area contributed by atoms with E-state index < -0.39 is 0 Å². The second kappa shape index (κ2) is 6.22. The van der Waals surface area contributed by atoms with Crippen molar-refractivity contribution in [1.29, 1.82) is 0 Å². The Morgan fingerprint density at radius 1 is 1.18 bits per heavy atom. The van der Waals surface area contributed by atoms with Crippen LogP contribution in [0.5, 0.6) is 0 Å². The van der Waals surface area contributed by atoms with E-state index in [0.29, 0.717) is 12.2 Å². The van der Waals surface area contributed by atoms with E-state index in [0.717, 1.165) is 16.9 Å². The zero-order valence-corrected chi connectivity index (χ0v) is 12.2. The molecule has 5 heteroatoms. The van der Waals surface area contributed by atoms with Crippen molar-refractivity contribution < 1.29 is 4.79 Å². The Hall–Kier alpha value is -2.95. The van der Waals surface area contributed by atoms with E-state index in [1.165, 1.54) is 0 Å². The number of benzene rings is 1. The van der Waals surface area contributed by atoms with Crippen molar-refractivity contribution in [2.75, 3.05) is 5.32 Å². The maximum atomic E-state index is 12.0. The molecule has 0 radical (unpaired) electrons. The molecule has 0 aliphatic rings. The fraction of sp³-hybridized carbons (Fsp3) is 0.118. The monoisotopic (exact) mass is 292 g/mol. The molecule has 2 aromatic heterocycles. The third-order valence-corrected chi connectivity index (χ3v) is 3.21. The van der Waals surface area contributed by atoms with Gasteiger partial charge in [-0.25, -0.2) is 4.68 Å². The van der Waals surface area contributed by atoms with E-state index >= 15 is 0 Å². The van der Waals surface area contributed by atoms with Crippen LogP contribution >= 0.6 is 0 Å². The lowest BCUT2D eigenvalue weighted by Gasteiger charge is -2.03. The van der Waals surface area contributed by atoms with Crippen LogP contribution in [-0.4, -0.2) is 20.7 Å². The van der Waals surface area contributed by atoms with Gasteiger partial charge in [0.25, 0.3) is 0 Å². The van der Waals surface area contributed by atoms with Crippen LogP contribution in [-0.2, 0) is 11.2 Å². The summed E-state index contributed by atoms with van der Waals surface area (Å²) in [6, 6.07) is 15.2. The molecule has 2 heterocycles. The number of nitrogens with zero attached hydrogens (tertiary/aromatic N) is 3. The van der Waals surface area contributed by atoms with Gasteiger partial charge in [0.05, 0.1) is 12.1 Å². The fourth-order valence-electron chi connectivity index (χ4n) is 2.18. The van der Waals surface area contributed by atoms with E-state index in [1.54, 1.807) is 16.9 Å². The number of hydrogen-bond donors (Lipinski definition) is 1. The van der Waals surface area contributed by atoms with E-state index in [4.69, 9.17) is 0 Å². The highest BCUT2D eigenvalue weighted by Crippen LogP contribution is 2.11. The zero-order valence-electron chi connectivity index (χ0n) is 12.2. The number of aromatic nitrogens is 3. The lowest BCUT2D eigenvalue weighted by Crippen LogP contribution is -2.15. The number of amides is 1. The third-order valence-electron chi connectivity index (χ3n) is 3.21. The topological polar surface area (TPSA) is 59.8 Å². The number of carbonyl (C=O) groups excluding carboxylic acids is 1. The second-order valence-corrected chi connectivity index (χ2v) is 5.01. The van der Waals surface area contributed by atoms with Crippen molar-refractivity contribution in [3.63, 3.8) is 0 Å². The number of nitrogens with one attached hydrogen (secondary N) is 1. The van der Waals surface area contributed by atoms with Crippen molar-refractivity contribution in [2.24, 2.45) is 0 Å². The predicted octanol–water partition coefficient (Wildman–Crippen LogP) is 2.76. The smallest absolute Gasteiger partial charge is 0.229 e. The van der Waals surface area contributed by atoms with E-state index in [1.807, 2.05) is 55.6 Å². The number of anilines is 1. The van der Waals surface area contributed by atoms with Gasteiger partial charge < -0.3 is 5.32 Å². The van der Waals surface area contributed by atoms with Gasteiger partial charge in [-0.05, 0) is 24.6 Å². The Morgan fingerprint density at radius 2 is 2.00 bits per heavy atom. The molecule has 0 fully saturated rings. The van der Waals surface area contributed by atoms with Crippen molar-refractivity contribution in [2.45, 2.75) is 13.3 Å². The van der Waals surface area contributed by atoms with Crippen LogP contribution in [0.1, 0.15) is 11.3 Å². The summed E-state index contributed by atoms with van der Waals surface area (Å²) in [7, 11) is 0. The summed E-state index contributed by atoms with van der Waals surface area (Å²) in [4.78, 5) is 16.2. The van der Waals surface area contributed by atoms with Crippen LogP contribution in [0, 0.1) is 6.92 Å². The quantitative estimate of drug-likeness (QED) is 0.804. The number of rotatable bonds is 4. The molecule has 0 saturated heterocycles. The van der Waals surface area contributed by atoms with Gasteiger partial charge in [-0.2, -0.15) is 5.10 Å². The van der Waals surface area contributed by atoms with Crippen molar-refractivity contribution in [1.82, 2.24) is 14.8 Å². The first-order valence-corrected chi connectivity index (χ1v) is 7.03. The molecule has 3 aromatic rings. The molecule has 3 rings (SSSR count). The van der Waals surface area contributed by atoms with Crippen LogP contribution in [0.2, 0.25) is 0 Å². The summed E-state index contributed by atoms with van der Waals surface area (Å²) in [5.74, 6) is 0.456. The SMILES string of the molecule is Cc1cc(-n2ccc(NC(=O)Cc3ccccc3)n2)ccn1. The standard InChI is InChI=1S/C17H16N4O/c1-13-11-15(7-9-18-13)21-10-8-16(20-21)19-17(22)12-14-5-3-2-4-6-14/h2-11H,12H2,1H3,(H,19,20,22). The molecule has 0 bridgehead atoms. The summed E-state index contributed by atoms with van der Waals surface area (Å²) >= 11 is 0. The molecule has 1 N–H and O–H groups in total. The molecule has 1 amide bonds. The molecule has 0 aliphatic heterocycles. The van der Waals surface area contributed by atoms with E-state index in [9.17, 15) is 4.79 Å². The first-order valence-electron chi connectivity index (χ1n) is 7.03. The number of hydrogen-bond acceptors (Lipinski definition) is 3. The maximum Gasteiger partial charge on any atom is 0.229 e. The molecular formula is C17H16N4O. The Labute approximate surface area is 128 Å². The van der Waals surface area contributed by atoms with Crippen LogP contribution in [0.15, 0.2) is 60.9 Å². The molecule has 0 unspecified atom stereocenters. The van der Waals surface area contributed by atoms with Gasteiger partial charge in [0.1, 0.15) is 0 Å². The van der Waals surface area contributed by atoms with Crippen molar-refractivity contribution in [3.8, 4) is 5.69 Å². The Bertz CT molecular complexity index is 780. The Morgan fingerprint density at radius 3 is 2.77 bits per heavy atom. The largest absolute Gasteiger partial charge is 0.309 e. The summed E-state index contributed by atoms with van der Waals surface area (Å²) in [5, 5.41) is 7.17. The molecule has 110 valence electrons. The van der Waals surface area contributed by atoms with Crippen LogP contribution in [0.3, 0.4) is 0 Å². The predicted molar refractivity (Wildman–Crippen MR) is 84.9 cm³/mol. The average molecular weight is 292 g/mol. The maximum absolute atomic E-state index is 12.0. The lowest BCUT2D eigenvalue weighted by atomic mass is 10.1. The highest BCUT2D eigenvalue weighted by atomic mass is 16.1. The molecule has 5 nitrogen and oxygen atoms in total. The highest BCUT2D eigenvalue weighted by molar-refractivity contribution is 5.91. The molecule has 0 aliphatic carbocycles. The fourth-order valence-corrected chi connectivity index (χ4v) is 2.18. The third kappa shape index (κ3) is 3.38. The number of carbonyl (C=O) groups is 1. The summed E-state index contributed by atoms with van der Waals surface area (Å²) in [6.45, 7) is 1.93. The first kappa shape index (κ1) is 14.0. The first-order chi connectivity index (χ1) is 10.7. The second-order valence-electron chi connectivity index (χ2n) is 5.01. The zero-order chi connectivity index (χ0) is 15.4. The van der Waals surface area contributed by atoms with Crippen molar-refractivity contribution >= 4 is 11.7 Å². The van der Waals surface area contributed by atoms with E-state index in [2.05, 4.69) is 15.4 Å². The molecular weight excluding hydrogens is 276 g/mol. The number of aryl methyl sites for hydroxylation is 1. The molecule has 22 heavy (non-hydrogen) atoms. The van der Waals surface area contributed by atoms with Crippen LogP contribution in [0.4, 0.5) is 5.82 Å². The minimum atomic E-state index is -0.0811. The van der Waals surface area contributed by atoms with Gasteiger partial charge in [0.15, 0.2) is 5.82 Å². The molecule has 1 aromatic carbocycles. The molecule has 0 atom stereocenters. The normalized spacial score (nSPS) is 10.4. The highest BCUT2D eigenvalue weighted by Gasteiger charge is 2.07.